The smallest absolute Gasteiger partial charge is 0.144 e. The number of nitrogens with one attached hydrogen (secondary N) is 1. The fourth-order valence-electron chi connectivity index (χ4n) is 2.06. The first-order valence-corrected chi connectivity index (χ1v) is 6.52. The highest BCUT2D eigenvalue weighted by Crippen LogP contribution is 2.27. The molecule has 2 rings (SSSR count). The number of nitriles is 1. The van der Waals surface area contributed by atoms with E-state index in [1.165, 1.54) is 0 Å². The third kappa shape index (κ3) is 2.72. The van der Waals surface area contributed by atoms with Crippen molar-refractivity contribution in [3.05, 3.63) is 41.5 Å². The standard InChI is InChI=1S/C16H17N3O/c1-4-20-14-7-5-12(6-8-14)15-11(2)9-13(10-17)16(18-3)19-15/h5-9H,4H2,1-3H3,(H,18,19). The zero-order valence-electron chi connectivity index (χ0n) is 11.9. The van der Waals surface area contributed by atoms with E-state index in [0.717, 1.165) is 22.6 Å². The number of benzene rings is 1. The minimum absolute atomic E-state index is 0.555. The molecule has 0 saturated carbocycles. The fraction of sp³-hybridized carbons (Fsp3) is 0.250. The van der Waals surface area contributed by atoms with Gasteiger partial charge in [0.25, 0.3) is 0 Å². The lowest BCUT2D eigenvalue weighted by Crippen LogP contribution is -2.00. The van der Waals surface area contributed by atoms with Gasteiger partial charge in [0, 0.05) is 12.6 Å². The van der Waals surface area contributed by atoms with Gasteiger partial charge in [0.15, 0.2) is 0 Å². The van der Waals surface area contributed by atoms with Gasteiger partial charge in [-0.05, 0) is 49.7 Å². The molecule has 0 aliphatic heterocycles. The average Bonchev–Trinajstić information content (AvgIpc) is 2.48. The van der Waals surface area contributed by atoms with Crippen LogP contribution in [-0.2, 0) is 0 Å². The van der Waals surface area contributed by atoms with Crippen molar-refractivity contribution in [2.45, 2.75) is 13.8 Å². The van der Waals surface area contributed by atoms with E-state index in [0.29, 0.717) is 18.0 Å². The lowest BCUT2D eigenvalue weighted by molar-refractivity contribution is 0.340. The normalized spacial score (nSPS) is 9.90. The quantitative estimate of drug-likeness (QED) is 0.922. The molecule has 0 spiro atoms. The second-order valence-corrected chi connectivity index (χ2v) is 4.37. The molecule has 102 valence electrons. The topological polar surface area (TPSA) is 57.9 Å². The highest BCUT2D eigenvalue weighted by Gasteiger charge is 2.10. The van der Waals surface area contributed by atoms with Gasteiger partial charge in [0.05, 0.1) is 17.9 Å². The summed E-state index contributed by atoms with van der Waals surface area (Å²) in [6.45, 7) is 4.57. The molecule has 0 saturated heterocycles. The molecule has 0 fully saturated rings. The van der Waals surface area contributed by atoms with Crippen LogP contribution in [0.4, 0.5) is 5.82 Å². The lowest BCUT2D eigenvalue weighted by atomic mass is 10.0. The molecule has 1 N–H and O–H groups in total. The van der Waals surface area contributed by atoms with Crippen molar-refractivity contribution in [3.63, 3.8) is 0 Å². The number of rotatable bonds is 4. The van der Waals surface area contributed by atoms with Gasteiger partial charge in [-0.1, -0.05) is 0 Å². The molecule has 0 atom stereocenters. The van der Waals surface area contributed by atoms with Gasteiger partial charge in [-0.3, -0.25) is 0 Å². The van der Waals surface area contributed by atoms with Gasteiger partial charge in [-0.25, -0.2) is 4.98 Å². The van der Waals surface area contributed by atoms with Gasteiger partial charge in [-0.15, -0.1) is 0 Å². The van der Waals surface area contributed by atoms with Gasteiger partial charge in [0.1, 0.15) is 17.6 Å². The highest BCUT2D eigenvalue weighted by atomic mass is 16.5. The first kappa shape index (κ1) is 13.9. The number of pyridine rings is 1. The van der Waals surface area contributed by atoms with Gasteiger partial charge >= 0.3 is 0 Å². The Morgan fingerprint density at radius 3 is 2.55 bits per heavy atom. The maximum atomic E-state index is 9.08. The fourth-order valence-corrected chi connectivity index (χ4v) is 2.06. The van der Waals surface area contributed by atoms with Gasteiger partial charge in [-0.2, -0.15) is 5.26 Å². The number of hydrogen-bond acceptors (Lipinski definition) is 4. The Bertz CT molecular complexity index is 642. The van der Waals surface area contributed by atoms with Gasteiger partial charge in [0.2, 0.25) is 0 Å². The molecular formula is C16H17N3O. The summed E-state index contributed by atoms with van der Waals surface area (Å²) in [7, 11) is 1.76. The van der Waals surface area contributed by atoms with Crippen LogP contribution in [0.2, 0.25) is 0 Å². The summed E-state index contributed by atoms with van der Waals surface area (Å²) >= 11 is 0. The largest absolute Gasteiger partial charge is 0.494 e. The number of hydrogen-bond donors (Lipinski definition) is 1. The highest BCUT2D eigenvalue weighted by molar-refractivity contribution is 5.68. The van der Waals surface area contributed by atoms with E-state index >= 15 is 0 Å². The van der Waals surface area contributed by atoms with E-state index in [4.69, 9.17) is 10.00 Å². The Morgan fingerprint density at radius 2 is 2.00 bits per heavy atom. The van der Waals surface area contributed by atoms with Crippen molar-refractivity contribution in [2.24, 2.45) is 0 Å². The molecule has 20 heavy (non-hydrogen) atoms. The molecule has 0 amide bonds. The van der Waals surface area contributed by atoms with Crippen LogP contribution >= 0.6 is 0 Å². The minimum Gasteiger partial charge on any atom is -0.494 e. The molecule has 1 aromatic carbocycles. The van der Waals surface area contributed by atoms with Crippen molar-refractivity contribution >= 4 is 5.82 Å². The van der Waals surface area contributed by atoms with E-state index in [1.54, 1.807) is 7.05 Å². The lowest BCUT2D eigenvalue weighted by Gasteiger charge is -2.10. The first-order valence-electron chi connectivity index (χ1n) is 6.52. The van der Waals surface area contributed by atoms with Crippen LogP contribution < -0.4 is 10.1 Å². The molecule has 0 radical (unpaired) electrons. The summed E-state index contributed by atoms with van der Waals surface area (Å²) < 4.78 is 5.43. The number of aromatic nitrogens is 1. The van der Waals surface area contributed by atoms with E-state index in [9.17, 15) is 0 Å². The van der Waals surface area contributed by atoms with Crippen molar-refractivity contribution in [1.29, 1.82) is 5.26 Å². The molecule has 0 bridgehead atoms. The molecule has 1 heterocycles. The van der Waals surface area contributed by atoms with Crippen LogP contribution in [0.15, 0.2) is 30.3 Å². The molecule has 0 unspecified atom stereocenters. The third-order valence-corrected chi connectivity index (χ3v) is 3.01. The van der Waals surface area contributed by atoms with Crippen LogP contribution in [0.5, 0.6) is 5.75 Å². The average molecular weight is 267 g/mol. The monoisotopic (exact) mass is 267 g/mol. The van der Waals surface area contributed by atoms with Crippen molar-refractivity contribution < 1.29 is 4.74 Å². The number of ether oxygens (including phenoxy) is 1. The summed E-state index contributed by atoms with van der Waals surface area (Å²) in [6.07, 6.45) is 0. The molecule has 2 aromatic rings. The Labute approximate surface area is 119 Å². The summed E-state index contributed by atoms with van der Waals surface area (Å²) in [5, 5.41) is 12.0. The molecule has 0 aliphatic rings. The molecule has 0 aliphatic carbocycles. The van der Waals surface area contributed by atoms with Gasteiger partial charge < -0.3 is 10.1 Å². The molecular weight excluding hydrogens is 250 g/mol. The predicted octanol–water partition coefficient (Wildman–Crippen LogP) is 3.37. The first-order chi connectivity index (χ1) is 9.69. The third-order valence-electron chi connectivity index (χ3n) is 3.01. The van der Waals surface area contributed by atoms with Crippen LogP contribution in [0, 0.1) is 18.3 Å². The number of anilines is 1. The number of nitrogens with zero attached hydrogens (tertiary/aromatic N) is 2. The Balaban J connectivity index is 2.44. The minimum atomic E-state index is 0.555. The summed E-state index contributed by atoms with van der Waals surface area (Å²) in [6, 6.07) is 11.8. The molecule has 1 aromatic heterocycles. The van der Waals surface area contributed by atoms with Crippen molar-refractivity contribution in [2.75, 3.05) is 19.0 Å². The van der Waals surface area contributed by atoms with Crippen molar-refractivity contribution in [1.82, 2.24) is 4.98 Å². The van der Waals surface area contributed by atoms with E-state index in [2.05, 4.69) is 16.4 Å². The summed E-state index contributed by atoms with van der Waals surface area (Å²) in [5.41, 5.74) is 3.41. The van der Waals surface area contributed by atoms with Crippen LogP contribution in [0.25, 0.3) is 11.3 Å². The zero-order valence-corrected chi connectivity index (χ0v) is 11.9. The van der Waals surface area contributed by atoms with Crippen LogP contribution in [0.3, 0.4) is 0 Å². The summed E-state index contributed by atoms with van der Waals surface area (Å²) in [4.78, 5) is 4.53. The maximum Gasteiger partial charge on any atom is 0.144 e. The van der Waals surface area contributed by atoms with E-state index in [1.807, 2.05) is 44.2 Å². The molecule has 4 nitrogen and oxygen atoms in total. The van der Waals surface area contributed by atoms with Crippen molar-refractivity contribution in [3.8, 4) is 23.1 Å². The zero-order chi connectivity index (χ0) is 14.5. The van der Waals surface area contributed by atoms with E-state index < -0.39 is 0 Å². The van der Waals surface area contributed by atoms with Crippen LogP contribution in [0.1, 0.15) is 18.1 Å². The molecule has 4 heteroatoms. The Kier molecular flexibility index (Phi) is 4.21. The SMILES string of the molecule is CCOc1ccc(-c2nc(NC)c(C#N)cc2C)cc1. The second kappa shape index (κ2) is 6.07. The van der Waals surface area contributed by atoms with Crippen LogP contribution in [-0.4, -0.2) is 18.6 Å². The predicted molar refractivity (Wildman–Crippen MR) is 79.8 cm³/mol. The summed E-state index contributed by atoms with van der Waals surface area (Å²) in [5.74, 6) is 1.44. The maximum absolute atomic E-state index is 9.08. The number of aryl methyl sites for hydroxylation is 1. The Hall–Kier alpha value is -2.54. The second-order valence-electron chi connectivity index (χ2n) is 4.37. The van der Waals surface area contributed by atoms with E-state index in [-0.39, 0.29) is 0 Å². The Morgan fingerprint density at radius 1 is 1.30 bits per heavy atom.